The van der Waals surface area contributed by atoms with Gasteiger partial charge in [-0.15, -0.1) is 0 Å². The lowest BCUT2D eigenvalue weighted by Crippen LogP contribution is -2.57. The molecule has 0 aromatic carbocycles. The summed E-state index contributed by atoms with van der Waals surface area (Å²) in [4.78, 5) is 12.8. The van der Waals surface area contributed by atoms with Crippen LogP contribution < -0.4 is 0 Å². The van der Waals surface area contributed by atoms with Crippen LogP contribution in [0.4, 0.5) is 0 Å². The number of ketones is 1. The van der Waals surface area contributed by atoms with E-state index in [-0.39, 0.29) is 17.4 Å². The van der Waals surface area contributed by atoms with Gasteiger partial charge < -0.3 is 5.11 Å². The van der Waals surface area contributed by atoms with Crippen LogP contribution in [0.3, 0.4) is 0 Å². The predicted molar refractivity (Wildman–Crippen MR) is 129 cm³/mol. The SMILES string of the molecule is CC(=O)[C@H]1C[C@@H]2[C@H](CC[C@]3(C)[C@@H]([C@H](C)CCCC(C)C)CC[C@@H]23)[C@@]2(C)CC[C@H](O)C[C@H]12. The minimum Gasteiger partial charge on any atom is -0.393 e. The van der Waals surface area contributed by atoms with E-state index in [4.69, 9.17) is 0 Å². The Morgan fingerprint density at radius 1 is 0.903 bits per heavy atom. The first-order chi connectivity index (χ1) is 14.6. The van der Waals surface area contributed by atoms with Crippen molar-refractivity contribution in [1.29, 1.82) is 0 Å². The van der Waals surface area contributed by atoms with E-state index in [0.717, 1.165) is 61.2 Å². The Morgan fingerprint density at radius 3 is 2.26 bits per heavy atom. The average molecular weight is 431 g/mol. The molecule has 0 bridgehead atoms. The van der Waals surface area contributed by atoms with Crippen molar-refractivity contribution in [3.8, 4) is 0 Å². The van der Waals surface area contributed by atoms with E-state index >= 15 is 0 Å². The second kappa shape index (κ2) is 8.77. The van der Waals surface area contributed by atoms with Gasteiger partial charge in [0.15, 0.2) is 0 Å². The summed E-state index contributed by atoms with van der Waals surface area (Å²) < 4.78 is 0. The maximum Gasteiger partial charge on any atom is 0.133 e. The molecule has 0 unspecified atom stereocenters. The van der Waals surface area contributed by atoms with E-state index in [9.17, 15) is 9.90 Å². The van der Waals surface area contributed by atoms with Crippen LogP contribution in [0.25, 0.3) is 0 Å². The molecule has 2 nitrogen and oxygen atoms in total. The highest BCUT2D eigenvalue weighted by Gasteiger charge is 2.62. The molecule has 0 amide bonds. The molecule has 0 radical (unpaired) electrons. The normalized spacial score (nSPS) is 48.1. The fourth-order valence-electron chi connectivity index (χ4n) is 9.79. The number of hydrogen-bond donors (Lipinski definition) is 1. The molecule has 2 heteroatoms. The molecule has 4 aliphatic carbocycles. The molecule has 4 saturated carbocycles. The first-order valence-corrected chi connectivity index (χ1v) is 13.8. The molecule has 178 valence electrons. The van der Waals surface area contributed by atoms with Crippen LogP contribution >= 0.6 is 0 Å². The lowest BCUT2D eigenvalue weighted by Gasteiger charge is -2.63. The Balaban J connectivity index is 1.55. The third kappa shape index (κ3) is 4.06. The molecule has 31 heavy (non-hydrogen) atoms. The van der Waals surface area contributed by atoms with Crippen LogP contribution in [-0.2, 0) is 4.79 Å². The monoisotopic (exact) mass is 430 g/mol. The van der Waals surface area contributed by atoms with E-state index in [1.807, 2.05) is 6.92 Å². The highest BCUT2D eigenvalue weighted by Crippen LogP contribution is 2.69. The summed E-state index contributed by atoms with van der Waals surface area (Å²) >= 11 is 0. The van der Waals surface area contributed by atoms with E-state index in [1.165, 1.54) is 44.9 Å². The lowest BCUT2D eigenvalue weighted by molar-refractivity contribution is -0.162. The fourth-order valence-corrected chi connectivity index (χ4v) is 9.79. The van der Waals surface area contributed by atoms with Crippen molar-refractivity contribution in [1.82, 2.24) is 0 Å². The van der Waals surface area contributed by atoms with Crippen LogP contribution in [0.2, 0.25) is 0 Å². The first-order valence-electron chi connectivity index (χ1n) is 13.8. The Labute approximate surface area is 192 Å². The van der Waals surface area contributed by atoms with Gasteiger partial charge in [0.05, 0.1) is 6.10 Å². The summed E-state index contributed by atoms with van der Waals surface area (Å²) in [6, 6.07) is 0. The summed E-state index contributed by atoms with van der Waals surface area (Å²) in [7, 11) is 0. The second-order valence-corrected chi connectivity index (χ2v) is 13.4. The highest BCUT2D eigenvalue weighted by atomic mass is 16.3. The van der Waals surface area contributed by atoms with Crippen molar-refractivity contribution in [2.45, 2.75) is 118 Å². The summed E-state index contributed by atoms with van der Waals surface area (Å²) in [5.41, 5.74) is 0.748. The minimum absolute atomic E-state index is 0.186. The molecule has 10 atom stereocenters. The van der Waals surface area contributed by atoms with Crippen LogP contribution in [0.1, 0.15) is 112 Å². The molecule has 4 fully saturated rings. The maximum absolute atomic E-state index is 12.8. The standard InChI is InChI=1S/C29H50O2/c1-18(2)8-7-9-19(3)24-10-11-25-23-17-22(20(4)30)27-16-21(31)12-14-29(27,6)26(23)13-15-28(24,25)5/h18-19,21-27,31H,7-17H2,1-6H3/t19-,21+,22-,23+,24-,25+,26+,27-,28-,29-/m1/s1. The zero-order valence-electron chi connectivity index (χ0n) is 21.3. The van der Waals surface area contributed by atoms with Crippen molar-refractivity contribution in [3.63, 3.8) is 0 Å². The maximum atomic E-state index is 12.8. The number of carbonyl (C=O) groups excluding carboxylic acids is 1. The third-order valence-corrected chi connectivity index (χ3v) is 11.4. The summed E-state index contributed by atoms with van der Waals surface area (Å²) in [5, 5.41) is 10.4. The van der Waals surface area contributed by atoms with Crippen molar-refractivity contribution in [2.24, 2.45) is 58.2 Å². The first kappa shape index (κ1) is 23.8. The highest BCUT2D eigenvalue weighted by molar-refractivity contribution is 5.79. The second-order valence-electron chi connectivity index (χ2n) is 13.4. The molecule has 4 rings (SSSR count). The summed E-state index contributed by atoms with van der Waals surface area (Å²) in [5.74, 6) is 5.85. The molecule has 0 aromatic heterocycles. The zero-order chi connectivity index (χ0) is 22.6. The number of aliphatic hydroxyl groups excluding tert-OH is 1. The number of hydrogen-bond acceptors (Lipinski definition) is 2. The topological polar surface area (TPSA) is 37.3 Å². The zero-order valence-corrected chi connectivity index (χ0v) is 21.3. The third-order valence-electron chi connectivity index (χ3n) is 11.4. The van der Waals surface area contributed by atoms with E-state index in [1.54, 1.807) is 0 Å². The van der Waals surface area contributed by atoms with Crippen molar-refractivity contribution in [3.05, 3.63) is 0 Å². The Bertz CT molecular complexity index is 655. The van der Waals surface area contributed by atoms with E-state index < -0.39 is 0 Å². The number of fused-ring (bicyclic) bond motifs is 5. The molecule has 4 aliphatic rings. The van der Waals surface area contributed by atoms with Gasteiger partial charge in [0.25, 0.3) is 0 Å². The smallest absolute Gasteiger partial charge is 0.133 e. The molecule has 0 aromatic rings. The van der Waals surface area contributed by atoms with Crippen molar-refractivity contribution < 1.29 is 9.90 Å². The molecule has 0 aliphatic heterocycles. The largest absolute Gasteiger partial charge is 0.393 e. The van der Waals surface area contributed by atoms with Crippen molar-refractivity contribution >= 4 is 5.78 Å². The quantitative estimate of drug-likeness (QED) is 0.480. The Kier molecular flexibility index (Phi) is 6.73. The number of Topliss-reactive ketones (excluding diaryl/α,β-unsaturated/α-hetero) is 1. The molecule has 0 saturated heterocycles. The number of rotatable bonds is 6. The van der Waals surface area contributed by atoms with Gasteiger partial charge in [-0.05, 0) is 111 Å². The number of aliphatic hydroxyl groups is 1. The molecule has 0 spiro atoms. The van der Waals surface area contributed by atoms with E-state index in [0.29, 0.717) is 17.1 Å². The molecular formula is C29H50O2. The summed E-state index contributed by atoms with van der Waals surface area (Å²) in [6.45, 7) is 14.2. The number of carbonyl (C=O) groups is 1. The summed E-state index contributed by atoms with van der Waals surface area (Å²) in [6.07, 6.45) is 13.6. The Morgan fingerprint density at radius 2 is 1.58 bits per heavy atom. The lowest BCUT2D eigenvalue weighted by atomic mass is 9.42. The molecular weight excluding hydrogens is 380 g/mol. The van der Waals surface area contributed by atoms with Gasteiger partial charge >= 0.3 is 0 Å². The van der Waals surface area contributed by atoms with Crippen LogP contribution in [-0.4, -0.2) is 17.0 Å². The van der Waals surface area contributed by atoms with E-state index in [2.05, 4.69) is 34.6 Å². The Hall–Kier alpha value is -0.370. The van der Waals surface area contributed by atoms with Crippen LogP contribution in [0, 0.1) is 58.2 Å². The van der Waals surface area contributed by atoms with Gasteiger partial charge in [0.2, 0.25) is 0 Å². The van der Waals surface area contributed by atoms with Crippen LogP contribution in [0.15, 0.2) is 0 Å². The fraction of sp³-hybridized carbons (Fsp3) is 0.966. The van der Waals surface area contributed by atoms with Crippen LogP contribution in [0.5, 0.6) is 0 Å². The molecule has 0 heterocycles. The average Bonchev–Trinajstić information content (AvgIpc) is 3.05. The molecule has 1 N–H and O–H groups in total. The van der Waals surface area contributed by atoms with Crippen molar-refractivity contribution in [2.75, 3.05) is 0 Å². The van der Waals surface area contributed by atoms with Gasteiger partial charge in [0.1, 0.15) is 5.78 Å². The van der Waals surface area contributed by atoms with Gasteiger partial charge in [-0.1, -0.05) is 53.9 Å². The van der Waals surface area contributed by atoms with Gasteiger partial charge in [0, 0.05) is 5.92 Å². The van der Waals surface area contributed by atoms with Gasteiger partial charge in [-0.3, -0.25) is 4.79 Å². The predicted octanol–water partition coefficient (Wildman–Crippen LogP) is 7.28. The van der Waals surface area contributed by atoms with Gasteiger partial charge in [-0.2, -0.15) is 0 Å². The minimum atomic E-state index is -0.187. The van der Waals surface area contributed by atoms with Gasteiger partial charge in [-0.25, -0.2) is 0 Å².